The first-order chi connectivity index (χ1) is 17.7. The van der Waals surface area contributed by atoms with Crippen LogP contribution in [0.2, 0.25) is 5.02 Å². The van der Waals surface area contributed by atoms with Gasteiger partial charge in [-0.1, -0.05) is 35.9 Å². The second-order valence-electron chi connectivity index (χ2n) is 7.38. The number of amides is 1. The van der Waals surface area contributed by atoms with Crippen LogP contribution in [0.25, 0.3) is 5.69 Å². The Morgan fingerprint density at radius 2 is 1.68 bits per heavy atom. The molecule has 0 unspecified atom stereocenters. The molecule has 186 valence electrons. The molecule has 0 radical (unpaired) electrons. The number of ether oxygens (including phenoxy) is 1. The van der Waals surface area contributed by atoms with Gasteiger partial charge in [0.15, 0.2) is 5.69 Å². The molecule has 12 heteroatoms. The molecule has 0 bridgehead atoms. The van der Waals surface area contributed by atoms with Crippen LogP contribution in [0.15, 0.2) is 90.1 Å². The van der Waals surface area contributed by atoms with Crippen molar-refractivity contribution in [1.82, 2.24) is 9.78 Å². The fourth-order valence-electron chi connectivity index (χ4n) is 3.28. The van der Waals surface area contributed by atoms with Crippen LogP contribution in [0, 0.1) is 11.5 Å². The van der Waals surface area contributed by atoms with E-state index in [1.54, 1.807) is 48.7 Å². The van der Waals surface area contributed by atoms with Gasteiger partial charge in [-0.3, -0.25) is 4.79 Å². The molecule has 0 aliphatic rings. The van der Waals surface area contributed by atoms with Gasteiger partial charge in [0.2, 0.25) is 6.19 Å². The van der Waals surface area contributed by atoms with Crippen molar-refractivity contribution in [2.24, 2.45) is 4.99 Å². The molecule has 0 saturated carbocycles. The third-order valence-electron chi connectivity index (χ3n) is 4.83. The van der Waals surface area contributed by atoms with E-state index in [2.05, 4.69) is 20.7 Å². The monoisotopic (exact) mass is 524 g/mol. The molecule has 4 aromatic rings. The summed E-state index contributed by atoms with van der Waals surface area (Å²) in [6.45, 7) is 0. The average molecular weight is 525 g/mol. The number of rotatable bonds is 5. The third kappa shape index (κ3) is 6.25. The molecule has 1 aromatic heterocycles. The van der Waals surface area contributed by atoms with Crippen molar-refractivity contribution >= 4 is 34.9 Å². The molecular formula is C25H16ClF3N6O2. The summed E-state index contributed by atoms with van der Waals surface area (Å²) in [4.78, 5) is 16.4. The van der Waals surface area contributed by atoms with Gasteiger partial charge in [-0.25, -0.2) is 4.68 Å². The maximum Gasteiger partial charge on any atom is 0.434 e. The highest BCUT2D eigenvalue weighted by Crippen LogP contribution is 2.34. The number of aromatic nitrogens is 2. The molecule has 0 aliphatic carbocycles. The third-order valence-corrected chi connectivity index (χ3v) is 5.09. The van der Waals surface area contributed by atoms with Crippen molar-refractivity contribution in [2.75, 3.05) is 10.6 Å². The number of halogens is 4. The summed E-state index contributed by atoms with van der Waals surface area (Å²) in [5.74, 6) is -0.595. The zero-order chi connectivity index (χ0) is 26.4. The van der Waals surface area contributed by atoms with Gasteiger partial charge in [0, 0.05) is 16.4 Å². The van der Waals surface area contributed by atoms with Crippen LogP contribution in [-0.4, -0.2) is 21.7 Å². The Kier molecular flexibility index (Phi) is 7.41. The first-order valence-corrected chi connectivity index (χ1v) is 10.9. The Morgan fingerprint density at radius 3 is 2.32 bits per heavy atom. The second-order valence-corrected chi connectivity index (χ2v) is 7.82. The summed E-state index contributed by atoms with van der Waals surface area (Å²) < 4.78 is 48.0. The highest BCUT2D eigenvalue weighted by molar-refractivity contribution is 6.30. The number of carbonyl (C=O) groups is 1. The number of benzene rings is 3. The summed E-state index contributed by atoms with van der Waals surface area (Å²) in [5.41, 5.74) is -1.28. The zero-order valence-electron chi connectivity index (χ0n) is 18.7. The summed E-state index contributed by atoms with van der Waals surface area (Å²) in [6, 6.07) is 20.1. The van der Waals surface area contributed by atoms with E-state index >= 15 is 0 Å². The lowest BCUT2D eigenvalue weighted by Crippen LogP contribution is -2.21. The minimum absolute atomic E-state index is 0.0877. The number of alkyl halides is 3. The molecule has 0 spiro atoms. The Labute approximate surface area is 213 Å². The van der Waals surface area contributed by atoms with Crippen LogP contribution in [0.5, 0.6) is 5.75 Å². The molecule has 0 aliphatic heterocycles. The lowest BCUT2D eigenvalue weighted by molar-refractivity contribution is -0.143. The molecule has 8 nitrogen and oxygen atoms in total. The average Bonchev–Trinajstić information content (AvgIpc) is 3.32. The van der Waals surface area contributed by atoms with E-state index in [4.69, 9.17) is 21.6 Å². The minimum Gasteiger partial charge on any atom is -0.425 e. The number of hydrogen-bond donors (Lipinski definition) is 2. The summed E-state index contributed by atoms with van der Waals surface area (Å²) >= 11 is 5.82. The molecule has 3 aromatic carbocycles. The Balaban J connectivity index is 1.56. The van der Waals surface area contributed by atoms with Crippen LogP contribution in [0.3, 0.4) is 0 Å². The predicted molar refractivity (Wildman–Crippen MR) is 132 cm³/mol. The van der Waals surface area contributed by atoms with Gasteiger partial charge in [0.25, 0.3) is 5.91 Å². The molecule has 0 fully saturated rings. The first-order valence-electron chi connectivity index (χ1n) is 10.5. The number of amidine groups is 1. The minimum atomic E-state index is -4.87. The number of para-hydroxylation sites is 1. The molecule has 0 saturated heterocycles. The number of anilines is 2. The van der Waals surface area contributed by atoms with Gasteiger partial charge in [0.05, 0.1) is 17.4 Å². The molecule has 1 amide bonds. The number of nitriles is 1. The maximum atomic E-state index is 13.9. The number of nitrogens with one attached hydrogen (secondary N) is 2. The summed E-state index contributed by atoms with van der Waals surface area (Å²) in [6.07, 6.45) is -2.40. The SMILES string of the molecule is N#C/N=C(/Nc1cccc(NC(=O)c2cnn(-c3ccc(Cl)cc3)c2C(F)(F)F)c1)Oc1ccccc1. The first kappa shape index (κ1) is 25.3. The van der Waals surface area contributed by atoms with E-state index < -0.39 is 23.3 Å². The molecule has 0 atom stereocenters. The van der Waals surface area contributed by atoms with E-state index in [0.29, 0.717) is 21.1 Å². The van der Waals surface area contributed by atoms with Crippen LogP contribution < -0.4 is 15.4 Å². The lowest BCUT2D eigenvalue weighted by Gasteiger charge is -2.14. The van der Waals surface area contributed by atoms with E-state index in [9.17, 15) is 18.0 Å². The van der Waals surface area contributed by atoms with Crippen molar-refractivity contribution in [3.8, 4) is 17.6 Å². The normalized spacial score (nSPS) is 11.5. The van der Waals surface area contributed by atoms with Gasteiger partial charge in [-0.15, -0.1) is 4.99 Å². The number of nitrogens with zero attached hydrogens (tertiary/aromatic N) is 4. The van der Waals surface area contributed by atoms with Crippen LogP contribution in [0.1, 0.15) is 16.1 Å². The Hall–Kier alpha value is -4.82. The van der Waals surface area contributed by atoms with Gasteiger partial charge < -0.3 is 15.4 Å². The van der Waals surface area contributed by atoms with Gasteiger partial charge >= 0.3 is 12.2 Å². The second kappa shape index (κ2) is 10.8. The number of aliphatic imine (C=N–C) groups is 1. The van der Waals surface area contributed by atoms with Crippen molar-refractivity contribution in [2.45, 2.75) is 6.18 Å². The highest BCUT2D eigenvalue weighted by Gasteiger charge is 2.40. The lowest BCUT2D eigenvalue weighted by atomic mass is 10.2. The number of hydrogen-bond acceptors (Lipinski definition) is 5. The smallest absolute Gasteiger partial charge is 0.425 e. The largest absolute Gasteiger partial charge is 0.434 e. The maximum absolute atomic E-state index is 13.9. The predicted octanol–water partition coefficient (Wildman–Crippen LogP) is 6.12. The molecule has 1 heterocycles. The molecular weight excluding hydrogens is 509 g/mol. The standard InChI is InChI=1S/C25H16ClF3N6O2/c26-16-9-11-19(12-10-16)35-22(25(27,28)29)21(14-32-35)23(36)33-17-5-4-6-18(13-17)34-24(31-15-30)37-20-7-2-1-3-8-20/h1-14H,(H,31,34)(H,33,36). The Morgan fingerprint density at radius 1 is 1.00 bits per heavy atom. The van der Waals surface area contributed by atoms with Gasteiger partial charge in [-0.2, -0.15) is 23.5 Å². The summed E-state index contributed by atoms with van der Waals surface area (Å²) in [5, 5.41) is 18.3. The summed E-state index contributed by atoms with van der Waals surface area (Å²) in [7, 11) is 0. The van der Waals surface area contributed by atoms with E-state index in [0.717, 1.165) is 6.20 Å². The van der Waals surface area contributed by atoms with Crippen LogP contribution in [0.4, 0.5) is 24.5 Å². The Bertz CT molecular complexity index is 1480. The van der Waals surface area contributed by atoms with E-state index in [1.807, 2.05) is 0 Å². The van der Waals surface area contributed by atoms with Crippen LogP contribution >= 0.6 is 11.6 Å². The fourth-order valence-corrected chi connectivity index (χ4v) is 3.41. The van der Waals surface area contributed by atoms with Crippen molar-refractivity contribution in [3.63, 3.8) is 0 Å². The van der Waals surface area contributed by atoms with Crippen molar-refractivity contribution in [3.05, 3.63) is 101 Å². The number of carbonyl (C=O) groups excluding carboxylic acids is 1. The topological polar surface area (TPSA) is 104 Å². The highest BCUT2D eigenvalue weighted by atomic mass is 35.5. The van der Waals surface area contributed by atoms with Gasteiger partial charge in [0.1, 0.15) is 5.75 Å². The van der Waals surface area contributed by atoms with E-state index in [1.165, 1.54) is 36.4 Å². The zero-order valence-corrected chi connectivity index (χ0v) is 19.5. The molecule has 4 rings (SSSR count). The fraction of sp³-hybridized carbons (Fsp3) is 0.0400. The quantitative estimate of drug-likeness (QED) is 0.186. The van der Waals surface area contributed by atoms with Gasteiger partial charge in [-0.05, 0) is 54.6 Å². The van der Waals surface area contributed by atoms with E-state index in [-0.39, 0.29) is 17.4 Å². The molecule has 37 heavy (non-hydrogen) atoms. The van der Waals surface area contributed by atoms with Crippen molar-refractivity contribution in [1.29, 1.82) is 5.26 Å². The van der Waals surface area contributed by atoms with Crippen molar-refractivity contribution < 1.29 is 22.7 Å². The molecule has 2 N–H and O–H groups in total. The van der Waals surface area contributed by atoms with Crippen LogP contribution in [-0.2, 0) is 6.18 Å².